The van der Waals surface area contributed by atoms with E-state index in [4.69, 9.17) is 4.74 Å². The number of rotatable bonds is 5. The van der Waals surface area contributed by atoms with Gasteiger partial charge in [-0.15, -0.1) is 0 Å². The molecule has 0 unspecified atom stereocenters. The van der Waals surface area contributed by atoms with Crippen LogP contribution in [0.25, 0.3) is 0 Å². The number of nitrogens with zero attached hydrogens (tertiary/aromatic N) is 3. The Morgan fingerprint density at radius 2 is 1.81 bits per heavy atom. The summed E-state index contributed by atoms with van der Waals surface area (Å²) in [5.41, 5.74) is 2.63. The molecule has 0 amide bonds. The Balaban J connectivity index is 1.70. The molecule has 0 saturated carbocycles. The number of halogens is 1. The molecule has 6 nitrogen and oxygen atoms in total. The zero-order valence-corrected chi connectivity index (χ0v) is 14.9. The largest absolute Gasteiger partial charge is 0.507 e. The normalized spacial score (nSPS) is 10.6. The molecule has 1 N–H and O–H groups in total. The van der Waals surface area contributed by atoms with Crippen LogP contribution in [0.5, 0.6) is 11.5 Å². The molecule has 0 fully saturated rings. The van der Waals surface area contributed by atoms with Gasteiger partial charge in [0.25, 0.3) is 0 Å². The van der Waals surface area contributed by atoms with Crippen molar-refractivity contribution in [2.75, 3.05) is 0 Å². The number of hydrogen-bond acceptors (Lipinski definition) is 6. The summed E-state index contributed by atoms with van der Waals surface area (Å²) in [5, 5.41) is 9.84. The Kier molecular flexibility index (Phi) is 5.40. The number of carbonyl (C=O) groups is 1. The fourth-order valence-corrected chi connectivity index (χ4v) is 2.67. The number of carbonyl (C=O) groups excluding carboxylic acids is 1. The van der Waals surface area contributed by atoms with Gasteiger partial charge < -0.3 is 9.84 Å². The average Bonchev–Trinajstić information content (AvgIpc) is 2.66. The van der Waals surface area contributed by atoms with Crippen molar-refractivity contribution in [3.63, 3.8) is 0 Å². The van der Waals surface area contributed by atoms with Crippen LogP contribution in [0.1, 0.15) is 33.1 Å². The van der Waals surface area contributed by atoms with Gasteiger partial charge in [-0.25, -0.2) is 24.1 Å². The van der Waals surface area contributed by atoms with Crippen molar-refractivity contribution in [1.29, 1.82) is 0 Å². The maximum Gasteiger partial charge on any atom is 0.381 e. The number of para-hydroxylation sites is 1. The number of hydrogen-bond donors (Lipinski definition) is 1. The minimum atomic E-state index is -0.847. The lowest BCUT2D eigenvalue weighted by Gasteiger charge is -2.08. The van der Waals surface area contributed by atoms with E-state index in [1.54, 1.807) is 6.07 Å². The van der Waals surface area contributed by atoms with Crippen LogP contribution in [0.2, 0.25) is 0 Å². The van der Waals surface area contributed by atoms with E-state index in [0.717, 1.165) is 16.7 Å². The second-order valence-electron chi connectivity index (χ2n) is 6.12. The van der Waals surface area contributed by atoms with Gasteiger partial charge >= 0.3 is 5.97 Å². The fourth-order valence-electron chi connectivity index (χ4n) is 2.67. The molecule has 0 aliphatic rings. The third-order valence-corrected chi connectivity index (χ3v) is 4.03. The molecule has 138 valence electrons. The van der Waals surface area contributed by atoms with E-state index in [-0.39, 0.29) is 17.3 Å². The number of aromatic nitrogens is 3. The summed E-state index contributed by atoms with van der Waals surface area (Å²) in [4.78, 5) is 24.1. The Hall–Kier alpha value is -3.35. The van der Waals surface area contributed by atoms with E-state index in [9.17, 15) is 14.3 Å². The monoisotopic (exact) mass is 367 g/mol. The molecular weight excluding hydrogens is 349 g/mol. The van der Waals surface area contributed by atoms with Gasteiger partial charge in [0.1, 0.15) is 17.9 Å². The van der Waals surface area contributed by atoms with Crippen LogP contribution in [0.4, 0.5) is 4.39 Å². The SMILES string of the molecule is Cc1cc(CCc2ncnc(C(=O)Oc3ccccc3F)n2)cc(C)c1O. The van der Waals surface area contributed by atoms with Crippen LogP contribution in [0, 0.1) is 19.7 Å². The number of phenols is 1. The quantitative estimate of drug-likeness (QED) is 0.550. The number of ether oxygens (including phenoxy) is 1. The summed E-state index contributed by atoms with van der Waals surface area (Å²) in [6, 6.07) is 9.41. The first-order valence-electron chi connectivity index (χ1n) is 8.37. The van der Waals surface area contributed by atoms with Crippen LogP contribution >= 0.6 is 0 Å². The lowest BCUT2D eigenvalue weighted by atomic mass is 10.0. The molecule has 2 aromatic carbocycles. The second kappa shape index (κ2) is 7.90. The number of phenolic OH excluding ortho intramolecular Hbond substituents is 1. The molecule has 3 rings (SSSR count). The smallest absolute Gasteiger partial charge is 0.381 e. The molecule has 0 bridgehead atoms. The van der Waals surface area contributed by atoms with Gasteiger partial charge in [0.15, 0.2) is 11.6 Å². The van der Waals surface area contributed by atoms with Crippen molar-refractivity contribution in [3.8, 4) is 11.5 Å². The Morgan fingerprint density at radius 3 is 2.52 bits per heavy atom. The standard InChI is InChI=1S/C20H18FN3O3/c1-12-9-14(10-13(2)18(12)25)7-8-17-22-11-23-19(24-17)20(26)27-16-6-4-3-5-15(16)21/h3-6,9-11,25H,7-8H2,1-2H3. The summed E-state index contributed by atoms with van der Waals surface area (Å²) in [5.74, 6) is -1.13. The van der Waals surface area contributed by atoms with Gasteiger partial charge in [0, 0.05) is 6.42 Å². The predicted octanol–water partition coefficient (Wildman–Crippen LogP) is 3.34. The highest BCUT2D eigenvalue weighted by Crippen LogP contribution is 2.23. The van der Waals surface area contributed by atoms with Crippen molar-refractivity contribution in [2.24, 2.45) is 0 Å². The minimum Gasteiger partial charge on any atom is -0.507 e. The third-order valence-electron chi connectivity index (χ3n) is 4.03. The van der Waals surface area contributed by atoms with Gasteiger partial charge in [0.2, 0.25) is 5.82 Å². The van der Waals surface area contributed by atoms with Crippen molar-refractivity contribution < 1.29 is 19.0 Å². The van der Waals surface area contributed by atoms with E-state index >= 15 is 0 Å². The molecule has 0 atom stereocenters. The van der Waals surface area contributed by atoms with Crippen molar-refractivity contribution >= 4 is 5.97 Å². The zero-order valence-electron chi connectivity index (χ0n) is 14.9. The van der Waals surface area contributed by atoms with E-state index in [2.05, 4.69) is 15.0 Å². The molecule has 1 heterocycles. The average molecular weight is 367 g/mol. The Bertz CT molecular complexity index is 969. The van der Waals surface area contributed by atoms with E-state index in [0.29, 0.717) is 18.7 Å². The van der Waals surface area contributed by atoms with Gasteiger partial charge in [-0.2, -0.15) is 0 Å². The number of aromatic hydroxyl groups is 1. The van der Waals surface area contributed by atoms with Gasteiger partial charge in [0.05, 0.1) is 0 Å². The van der Waals surface area contributed by atoms with Crippen LogP contribution in [-0.4, -0.2) is 26.0 Å². The first kappa shape index (κ1) is 18.4. The van der Waals surface area contributed by atoms with Crippen LogP contribution in [0.3, 0.4) is 0 Å². The molecule has 0 aliphatic heterocycles. The van der Waals surface area contributed by atoms with Crippen molar-refractivity contribution in [3.05, 3.63) is 76.9 Å². The molecule has 27 heavy (non-hydrogen) atoms. The predicted molar refractivity (Wildman–Crippen MR) is 96.2 cm³/mol. The third kappa shape index (κ3) is 4.44. The zero-order chi connectivity index (χ0) is 19.4. The first-order valence-corrected chi connectivity index (χ1v) is 8.37. The highest BCUT2D eigenvalue weighted by molar-refractivity contribution is 5.86. The maximum absolute atomic E-state index is 13.6. The molecule has 1 aromatic heterocycles. The first-order chi connectivity index (χ1) is 12.9. The lowest BCUT2D eigenvalue weighted by Crippen LogP contribution is -2.15. The van der Waals surface area contributed by atoms with E-state index in [1.165, 1.54) is 24.5 Å². The molecule has 0 spiro atoms. The Morgan fingerprint density at radius 1 is 1.11 bits per heavy atom. The van der Waals surface area contributed by atoms with Gasteiger partial charge in [-0.05, 0) is 49.1 Å². The lowest BCUT2D eigenvalue weighted by molar-refractivity contribution is 0.0714. The summed E-state index contributed by atoms with van der Waals surface area (Å²) in [6.45, 7) is 3.68. The highest BCUT2D eigenvalue weighted by Gasteiger charge is 2.15. The number of esters is 1. The number of aryl methyl sites for hydroxylation is 4. The highest BCUT2D eigenvalue weighted by atomic mass is 19.1. The Labute approximate surface area is 155 Å². The van der Waals surface area contributed by atoms with Gasteiger partial charge in [-0.3, -0.25) is 0 Å². The van der Waals surface area contributed by atoms with Crippen molar-refractivity contribution in [1.82, 2.24) is 15.0 Å². The summed E-state index contributed by atoms with van der Waals surface area (Å²) < 4.78 is 18.6. The molecular formula is C20H18FN3O3. The second-order valence-corrected chi connectivity index (χ2v) is 6.12. The molecule has 0 saturated heterocycles. The summed E-state index contributed by atoms with van der Waals surface area (Å²) in [7, 11) is 0. The molecule has 3 aromatic rings. The van der Waals surface area contributed by atoms with E-state index in [1.807, 2.05) is 26.0 Å². The summed E-state index contributed by atoms with van der Waals surface area (Å²) >= 11 is 0. The van der Waals surface area contributed by atoms with Crippen LogP contribution in [-0.2, 0) is 12.8 Å². The summed E-state index contributed by atoms with van der Waals surface area (Å²) in [6.07, 6.45) is 2.34. The van der Waals surface area contributed by atoms with Crippen LogP contribution < -0.4 is 4.74 Å². The van der Waals surface area contributed by atoms with Crippen LogP contribution in [0.15, 0.2) is 42.7 Å². The fraction of sp³-hybridized carbons (Fsp3) is 0.200. The van der Waals surface area contributed by atoms with Crippen molar-refractivity contribution in [2.45, 2.75) is 26.7 Å². The van der Waals surface area contributed by atoms with Gasteiger partial charge in [-0.1, -0.05) is 24.3 Å². The molecule has 0 aliphatic carbocycles. The number of benzene rings is 2. The van der Waals surface area contributed by atoms with E-state index < -0.39 is 11.8 Å². The maximum atomic E-state index is 13.6. The molecule has 7 heteroatoms. The molecule has 0 radical (unpaired) electrons. The topological polar surface area (TPSA) is 85.2 Å². The minimum absolute atomic E-state index is 0.179.